The molecule has 0 bridgehead atoms. The summed E-state index contributed by atoms with van der Waals surface area (Å²) in [4.78, 5) is 17.1. The predicted molar refractivity (Wildman–Crippen MR) is 106 cm³/mol. The minimum Gasteiger partial charge on any atom is -0.477 e. The Morgan fingerprint density at radius 3 is 2.93 bits per heavy atom. The Hall–Kier alpha value is -3.22. The molecule has 7 heteroatoms. The van der Waals surface area contributed by atoms with Gasteiger partial charge in [0.05, 0.1) is 12.3 Å². The number of fused-ring (bicyclic) bond motifs is 1. The summed E-state index contributed by atoms with van der Waals surface area (Å²) >= 11 is 0. The van der Waals surface area contributed by atoms with Crippen LogP contribution in [0.5, 0.6) is 5.88 Å². The zero-order valence-electron chi connectivity index (χ0n) is 15.9. The molecule has 2 aromatic heterocycles. The molecule has 0 atom stereocenters. The number of carbonyl (C=O) groups is 1. The Kier molecular flexibility index (Phi) is 5.32. The minimum atomic E-state index is -0.264. The third-order valence-corrected chi connectivity index (χ3v) is 4.82. The minimum absolute atomic E-state index is 0.264. The predicted octanol–water partition coefficient (Wildman–Crippen LogP) is 3.72. The summed E-state index contributed by atoms with van der Waals surface area (Å²) < 4.78 is 7.66. The van der Waals surface area contributed by atoms with Gasteiger partial charge in [0.25, 0.3) is 5.91 Å². The molecule has 1 amide bonds. The highest BCUT2D eigenvalue weighted by Crippen LogP contribution is 2.29. The molecule has 0 saturated carbocycles. The number of rotatable bonds is 5. The van der Waals surface area contributed by atoms with E-state index in [0.29, 0.717) is 23.7 Å². The monoisotopic (exact) mass is 377 g/mol. The maximum Gasteiger partial charge on any atom is 0.261 e. The Labute approximate surface area is 163 Å². The molecule has 4 rings (SSSR count). The molecule has 1 N–H and O–H groups in total. The Morgan fingerprint density at radius 1 is 1.14 bits per heavy atom. The van der Waals surface area contributed by atoms with Gasteiger partial charge < -0.3 is 14.6 Å². The fourth-order valence-corrected chi connectivity index (χ4v) is 3.48. The summed E-state index contributed by atoms with van der Waals surface area (Å²) in [6, 6.07) is 11.1. The molecule has 1 aromatic carbocycles. The molecule has 1 aliphatic rings. The molecule has 7 nitrogen and oxygen atoms in total. The summed E-state index contributed by atoms with van der Waals surface area (Å²) in [5.41, 5.74) is 1.95. The third-order valence-electron chi connectivity index (χ3n) is 4.82. The van der Waals surface area contributed by atoms with E-state index in [4.69, 9.17) is 4.74 Å². The number of aromatic nitrogens is 4. The topological polar surface area (TPSA) is 81.9 Å². The molecule has 0 unspecified atom stereocenters. The first-order valence-corrected chi connectivity index (χ1v) is 9.68. The number of nitrogens with one attached hydrogen (secondary N) is 1. The molecule has 1 aliphatic heterocycles. The Morgan fingerprint density at radius 2 is 2.04 bits per heavy atom. The van der Waals surface area contributed by atoms with E-state index in [1.807, 2.05) is 31.2 Å². The third kappa shape index (κ3) is 3.60. The molecule has 0 radical (unpaired) electrons. The van der Waals surface area contributed by atoms with Gasteiger partial charge >= 0.3 is 0 Å². The lowest BCUT2D eigenvalue weighted by atomic mass is 10.1. The van der Waals surface area contributed by atoms with Crippen molar-refractivity contribution in [1.29, 1.82) is 0 Å². The van der Waals surface area contributed by atoms with Gasteiger partial charge in [-0.2, -0.15) is 0 Å². The molecule has 0 aliphatic carbocycles. The number of carbonyl (C=O) groups excluding carboxylic acids is 1. The number of nitrogens with zero attached hydrogens (tertiary/aromatic N) is 4. The van der Waals surface area contributed by atoms with Crippen LogP contribution in [0.15, 0.2) is 42.6 Å². The van der Waals surface area contributed by atoms with Gasteiger partial charge in [0, 0.05) is 24.7 Å². The van der Waals surface area contributed by atoms with Crippen LogP contribution in [-0.4, -0.2) is 32.3 Å². The van der Waals surface area contributed by atoms with Gasteiger partial charge in [0.2, 0.25) is 5.88 Å². The highest BCUT2D eigenvalue weighted by atomic mass is 16.5. The van der Waals surface area contributed by atoms with E-state index in [1.54, 1.807) is 18.3 Å². The van der Waals surface area contributed by atoms with Gasteiger partial charge in [0.15, 0.2) is 5.82 Å². The number of amides is 1. The number of pyridine rings is 1. The summed E-state index contributed by atoms with van der Waals surface area (Å²) in [6.45, 7) is 3.21. The quantitative estimate of drug-likeness (QED) is 0.733. The van der Waals surface area contributed by atoms with Crippen LogP contribution in [0.25, 0.3) is 11.4 Å². The van der Waals surface area contributed by atoms with Crippen molar-refractivity contribution in [3.63, 3.8) is 0 Å². The van der Waals surface area contributed by atoms with E-state index in [1.165, 1.54) is 6.42 Å². The number of anilines is 1. The van der Waals surface area contributed by atoms with Crippen molar-refractivity contribution >= 4 is 11.6 Å². The van der Waals surface area contributed by atoms with Crippen molar-refractivity contribution in [3.8, 4) is 17.3 Å². The van der Waals surface area contributed by atoms with E-state index >= 15 is 0 Å². The lowest BCUT2D eigenvalue weighted by Gasteiger charge is -2.13. The number of para-hydroxylation sites is 1. The smallest absolute Gasteiger partial charge is 0.261 e. The number of hydrogen-bond donors (Lipinski definition) is 1. The molecular formula is C21H23N5O2. The second-order valence-corrected chi connectivity index (χ2v) is 6.69. The molecular weight excluding hydrogens is 354 g/mol. The van der Waals surface area contributed by atoms with Crippen LogP contribution in [0.4, 0.5) is 5.69 Å². The van der Waals surface area contributed by atoms with Crippen molar-refractivity contribution in [2.45, 2.75) is 39.2 Å². The summed E-state index contributed by atoms with van der Waals surface area (Å²) in [5, 5.41) is 11.8. The van der Waals surface area contributed by atoms with Crippen LogP contribution in [-0.2, 0) is 13.0 Å². The second-order valence-electron chi connectivity index (χ2n) is 6.69. The van der Waals surface area contributed by atoms with Crippen LogP contribution >= 0.6 is 0 Å². The largest absolute Gasteiger partial charge is 0.477 e. The zero-order chi connectivity index (χ0) is 19.3. The molecule has 0 spiro atoms. The van der Waals surface area contributed by atoms with Crippen molar-refractivity contribution in [3.05, 3.63) is 54.0 Å². The van der Waals surface area contributed by atoms with Crippen molar-refractivity contribution in [2.24, 2.45) is 0 Å². The van der Waals surface area contributed by atoms with Gasteiger partial charge in [-0.05, 0) is 44.0 Å². The number of aryl methyl sites for hydroxylation is 1. The summed E-state index contributed by atoms with van der Waals surface area (Å²) in [5.74, 6) is 1.87. The Bertz CT molecular complexity index is 982. The van der Waals surface area contributed by atoms with Gasteiger partial charge in [-0.25, -0.2) is 4.98 Å². The van der Waals surface area contributed by atoms with Crippen LogP contribution in [0, 0.1) is 0 Å². The number of hydrogen-bond acceptors (Lipinski definition) is 5. The van der Waals surface area contributed by atoms with Crippen molar-refractivity contribution in [2.75, 3.05) is 11.9 Å². The van der Waals surface area contributed by atoms with Crippen LogP contribution in [0.2, 0.25) is 0 Å². The van der Waals surface area contributed by atoms with E-state index < -0.39 is 0 Å². The maximum absolute atomic E-state index is 12.9. The van der Waals surface area contributed by atoms with Crippen molar-refractivity contribution < 1.29 is 9.53 Å². The van der Waals surface area contributed by atoms with E-state index in [9.17, 15) is 4.79 Å². The van der Waals surface area contributed by atoms with Crippen LogP contribution < -0.4 is 10.1 Å². The van der Waals surface area contributed by atoms with Crippen LogP contribution in [0.3, 0.4) is 0 Å². The SMILES string of the molecule is CCOc1ncccc1C(=O)Nc1ccccc1-c1nnc2n1CCCCC2. The maximum atomic E-state index is 12.9. The molecule has 3 aromatic rings. The average Bonchev–Trinajstić information content (AvgIpc) is 2.97. The molecule has 144 valence electrons. The highest BCUT2D eigenvalue weighted by Gasteiger charge is 2.20. The summed E-state index contributed by atoms with van der Waals surface area (Å²) in [7, 11) is 0. The first-order chi connectivity index (χ1) is 13.8. The average molecular weight is 377 g/mol. The first kappa shape index (κ1) is 18.2. The normalized spacial score (nSPS) is 13.5. The lowest BCUT2D eigenvalue weighted by molar-refractivity contribution is 0.102. The summed E-state index contributed by atoms with van der Waals surface area (Å²) in [6.07, 6.45) is 6.00. The van der Waals surface area contributed by atoms with Crippen molar-refractivity contribution in [1.82, 2.24) is 19.7 Å². The van der Waals surface area contributed by atoms with E-state index in [0.717, 1.165) is 43.0 Å². The molecule has 0 saturated heterocycles. The fourth-order valence-electron chi connectivity index (χ4n) is 3.48. The van der Waals surface area contributed by atoms with Gasteiger partial charge in [-0.15, -0.1) is 10.2 Å². The van der Waals surface area contributed by atoms with Gasteiger partial charge in [-0.3, -0.25) is 4.79 Å². The first-order valence-electron chi connectivity index (χ1n) is 9.68. The number of ether oxygens (including phenoxy) is 1. The molecule has 3 heterocycles. The van der Waals surface area contributed by atoms with Gasteiger partial charge in [-0.1, -0.05) is 18.6 Å². The standard InChI is InChI=1S/C21H23N5O2/c1-2-28-21-16(10-8-13-22-21)20(27)23-17-11-6-5-9-15(17)19-25-24-18-12-4-3-7-14-26(18)19/h5-6,8-11,13H,2-4,7,12,14H2,1H3,(H,23,27). The zero-order valence-corrected chi connectivity index (χ0v) is 15.9. The highest BCUT2D eigenvalue weighted by molar-refractivity contribution is 6.07. The second kappa shape index (κ2) is 8.21. The van der Waals surface area contributed by atoms with E-state index in [-0.39, 0.29) is 5.91 Å². The lowest BCUT2D eigenvalue weighted by Crippen LogP contribution is -2.15. The molecule has 0 fully saturated rings. The van der Waals surface area contributed by atoms with Crippen LogP contribution in [0.1, 0.15) is 42.4 Å². The fraction of sp³-hybridized carbons (Fsp3) is 0.333. The van der Waals surface area contributed by atoms with Gasteiger partial charge in [0.1, 0.15) is 11.4 Å². The van der Waals surface area contributed by atoms with E-state index in [2.05, 4.69) is 25.1 Å². The number of benzene rings is 1. The Balaban J connectivity index is 1.67. The molecule has 28 heavy (non-hydrogen) atoms.